The molecule has 3 aromatic rings. The molecule has 0 aliphatic rings. The molecule has 0 bridgehead atoms. The number of anilines is 1. The van der Waals surface area contributed by atoms with Gasteiger partial charge in [-0.15, -0.1) is 0 Å². The zero-order valence-electron chi connectivity index (χ0n) is 18.0. The highest BCUT2D eigenvalue weighted by atomic mass is 35.5. The third-order valence-electron chi connectivity index (χ3n) is 4.36. The summed E-state index contributed by atoms with van der Waals surface area (Å²) in [6.45, 7) is 4.24. The molecular formula is C25H21Cl2N3O4. The van der Waals surface area contributed by atoms with Gasteiger partial charge >= 0.3 is 11.8 Å². The summed E-state index contributed by atoms with van der Waals surface area (Å²) in [6.07, 6.45) is 3.04. The first-order chi connectivity index (χ1) is 16.4. The summed E-state index contributed by atoms with van der Waals surface area (Å²) in [7, 11) is 0. The number of hydrogen-bond donors (Lipinski definition) is 2. The van der Waals surface area contributed by atoms with Gasteiger partial charge in [0, 0.05) is 21.3 Å². The molecule has 0 heterocycles. The lowest BCUT2D eigenvalue weighted by atomic mass is 10.2. The molecule has 34 heavy (non-hydrogen) atoms. The number of ether oxygens (including phenoxy) is 2. The molecule has 2 N–H and O–H groups in total. The standard InChI is InChI=1S/C25H21Cl2N3O4/c1-2-13-33-21-11-7-20(8-12-21)29-24(31)25(32)30-28-15-17-3-9-22(10-4-17)34-16-18-5-6-19(26)14-23(18)27/h2-12,14-15H,1,13,16H2,(H,29,31)(H,30,32)/b28-15-. The monoisotopic (exact) mass is 497 g/mol. The van der Waals surface area contributed by atoms with Crippen LogP contribution in [0.4, 0.5) is 5.69 Å². The molecule has 7 nitrogen and oxygen atoms in total. The number of halogens is 2. The summed E-state index contributed by atoms with van der Waals surface area (Å²) in [6, 6.07) is 18.8. The van der Waals surface area contributed by atoms with E-state index in [1.807, 2.05) is 0 Å². The normalized spacial score (nSPS) is 10.5. The van der Waals surface area contributed by atoms with Gasteiger partial charge < -0.3 is 14.8 Å². The second-order valence-corrected chi connectivity index (χ2v) is 7.71. The fraction of sp³-hybridized carbons (Fsp3) is 0.0800. The van der Waals surface area contributed by atoms with Crippen LogP contribution in [0.3, 0.4) is 0 Å². The van der Waals surface area contributed by atoms with E-state index in [0.717, 1.165) is 5.56 Å². The predicted molar refractivity (Wildman–Crippen MR) is 134 cm³/mol. The summed E-state index contributed by atoms with van der Waals surface area (Å²) >= 11 is 12.0. The van der Waals surface area contributed by atoms with Gasteiger partial charge in [-0.3, -0.25) is 9.59 Å². The maximum Gasteiger partial charge on any atom is 0.329 e. The molecule has 0 atom stereocenters. The number of hydrogen-bond acceptors (Lipinski definition) is 5. The van der Waals surface area contributed by atoms with Crippen molar-refractivity contribution in [3.8, 4) is 11.5 Å². The summed E-state index contributed by atoms with van der Waals surface area (Å²) in [5.41, 5.74) is 4.15. The fourth-order valence-electron chi connectivity index (χ4n) is 2.64. The Kier molecular flexibility index (Phi) is 9.08. The van der Waals surface area contributed by atoms with E-state index in [0.29, 0.717) is 46.0 Å². The highest BCUT2D eigenvalue weighted by molar-refractivity contribution is 6.39. The summed E-state index contributed by atoms with van der Waals surface area (Å²) in [5, 5.41) is 7.39. The van der Waals surface area contributed by atoms with Crippen molar-refractivity contribution in [2.45, 2.75) is 6.61 Å². The first kappa shape index (κ1) is 24.8. The molecule has 0 spiro atoms. The smallest absolute Gasteiger partial charge is 0.329 e. The zero-order valence-corrected chi connectivity index (χ0v) is 19.5. The minimum atomic E-state index is -0.900. The zero-order chi connectivity index (χ0) is 24.3. The summed E-state index contributed by atoms with van der Waals surface area (Å²) in [4.78, 5) is 24.0. The van der Waals surface area contributed by atoms with Crippen LogP contribution in [-0.4, -0.2) is 24.6 Å². The topological polar surface area (TPSA) is 89.0 Å². The fourth-order valence-corrected chi connectivity index (χ4v) is 3.11. The Hall–Kier alpha value is -3.81. The van der Waals surface area contributed by atoms with E-state index in [1.54, 1.807) is 72.8 Å². The molecule has 0 radical (unpaired) electrons. The molecule has 3 aromatic carbocycles. The second-order valence-electron chi connectivity index (χ2n) is 6.87. The third-order valence-corrected chi connectivity index (χ3v) is 4.94. The summed E-state index contributed by atoms with van der Waals surface area (Å²) < 4.78 is 11.1. The number of hydrazone groups is 1. The Labute approximate surface area is 207 Å². The van der Waals surface area contributed by atoms with Crippen molar-refractivity contribution in [3.63, 3.8) is 0 Å². The van der Waals surface area contributed by atoms with Gasteiger partial charge in [-0.1, -0.05) is 41.9 Å². The lowest BCUT2D eigenvalue weighted by Crippen LogP contribution is -2.32. The van der Waals surface area contributed by atoms with Crippen LogP contribution in [0.1, 0.15) is 11.1 Å². The number of nitrogens with one attached hydrogen (secondary N) is 2. The van der Waals surface area contributed by atoms with Crippen LogP contribution in [0.25, 0.3) is 0 Å². The molecule has 174 valence electrons. The van der Waals surface area contributed by atoms with E-state index in [9.17, 15) is 9.59 Å². The Balaban J connectivity index is 1.45. The van der Waals surface area contributed by atoms with Gasteiger partial charge in [-0.2, -0.15) is 5.10 Å². The quantitative estimate of drug-likeness (QED) is 0.183. The van der Waals surface area contributed by atoms with E-state index in [2.05, 4.69) is 22.4 Å². The number of nitrogens with zero attached hydrogens (tertiary/aromatic N) is 1. The Morgan fingerprint density at radius 2 is 1.59 bits per heavy atom. The van der Waals surface area contributed by atoms with Crippen molar-refractivity contribution in [3.05, 3.63) is 101 Å². The molecule has 0 saturated carbocycles. The molecular weight excluding hydrogens is 477 g/mol. The second kappa shape index (κ2) is 12.4. The highest BCUT2D eigenvalue weighted by Crippen LogP contribution is 2.23. The third kappa shape index (κ3) is 7.65. The van der Waals surface area contributed by atoms with Crippen molar-refractivity contribution in [2.75, 3.05) is 11.9 Å². The van der Waals surface area contributed by atoms with Crippen LogP contribution in [0, 0.1) is 0 Å². The number of benzene rings is 3. The van der Waals surface area contributed by atoms with Crippen molar-refractivity contribution in [2.24, 2.45) is 5.10 Å². The van der Waals surface area contributed by atoms with Gasteiger partial charge in [0.05, 0.1) is 6.21 Å². The van der Waals surface area contributed by atoms with E-state index < -0.39 is 11.8 Å². The molecule has 0 saturated heterocycles. The molecule has 0 aromatic heterocycles. The average Bonchev–Trinajstić information content (AvgIpc) is 2.84. The van der Waals surface area contributed by atoms with Gasteiger partial charge in [0.15, 0.2) is 0 Å². The molecule has 9 heteroatoms. The van der Waals surface area contributed by atoms with Gasteiger partial charge in [0.25, 0.3) is 0 Å². The molecule has 0 fully saturated rings. The lowest BCUT2D eigenvalue weighted by molar-refractivity contribution is -0.136. The van der Waals surface area contributed by atoms with Gasteiger partial charge in [-0.05, 0) is 66.2 Å². The van der Waals surface area contributed by atoms with Crippen molar-refractivity contribution in [1.82, 2.24) is 5.43 Å². The highest BCUT2D eigenvalue weighted by Gasteiger charge is 2.12. The number of carbonyl (C=O) groups is 2. The van der Waals surface area contributed by atoms with Gasteiger partial charge in [-0.25, -0.2) is 5.43 Å². The van der Waals surface area contributed by atoms with Gasteiger partial charge in [0.2, 0.25) is 0 Å². The molecule has 2 amide bonds. The maximum absolute atomic E-state index is 12.0. The first-order valence-electron chi connectivity index (χ1n) is 10.1. The summed E-state index contributed by atoms with van der Waals surface area (Å²) in [5.74, 6) is -0.491. The minimum absolute atomic E-state index is 0.291. The molecule has 0 aliphatic heterocycles. The van der Waals surface area contributed by atoms with Crippen LogP contribution in [0.15, 0.2) is 84.5 Å². The molecule has 3 rings (SSSR count). The van der Waals surface area contributed by atoms with E-state index >= 15 is 0 Å². The number of amides is 2. The Bertz CT molecular complexity index is 1180. The van der Waals surface area contributed by atoms with Crippen molar-refractivity contribution < 1.29 is 19.1 Å². The minimum Gasteiger partial charge on any atom is -0.490 e. The number of rotatable bonds is 9. The largest absolute Gasteiger partial charge is 0.490 e. The first-order valence-corrected chi connectivity index (χ1v) is 10.8. The Morgan fingerprint density at radius 1 is 0.912 bits per heavy atom. The Morgan fingerprint density at radius 3 is 2.26 bits per heavy atom. The van der Waals surface area contributed by atoms with Crippen LogP contribution in [0.2, 0.25) is 10.0 Å². The molecule has 0 aliphatic carbocycles. The van der Waals surface area contributed by atoms with E-state index in [-0.39, 0.29) is 0 Å². The van der Waals surface area contributed by atoms with Crippen molar-refractivity contribution >= 4 is 46.9 Å². The van der Waals surface area contributed by atoms with Crippen LogP contribution < -0.4 is 20.2 Å². The maximum atomic E-state index is 12.0. The number of carbonyl (C=O) groups excluding carboxylic acids is 2. The lowest BCUT2D eigenvalue weighted by Gasteiger charge is -2.08. The van der Waals surface area contributed by atoms with E-state index in [4.69, 9.17) is 32.7 Å². The van der Waals surface area contributed by atoms with Crippen LogP contribution in [0.5, 0.6) is 11.5 Å². The van der Waals surface area contributed by atoms with E-state index in [1.165, 1.54) is 6.21 Å². The van der Waals surface area contributed by atoms with Crippen LogP contribution in [-0.2, 0) is 16.2 Å². The van der Waals surface area contributed by atoms with Gasteiger partial charge in [0.1, 0.15) is 24.7 Å². The van der Waals surface area contributed by atoms with Crippen molar-refractivity contribution in [1.29, 1.82) is 0 Å². The van der Waals surface area contributed by atoms with Crippen LogP contribution >= 0.6 is 23.2 Å². The SMILES string of the molecule is C=CCOc1ccc(NC(=O)C(=O)N/N=C\c2ccc(OCc3ccc(Cl)cc3Cl)cc2)cc1. The predicted octanol–water partition coefficient (Wildman–Crippen LogP) is 5.23. The molecule has 0 unspecified atom stereocenters. The average molecular weight is 498 g/mol.